The van der Waals surface area contributed by atoms with Gasteiger partial charge in [-0.05, 0) is 25.7 Å². The van der Waals surface area contributed by atoms with E-state index in [1.54, 1.807) is 6.20 Å². The van der Waals surface area contributed by atoms with Gasteiger partial charge in [-0.2, -0.15) is 0 Å². The Hall–Kier alpha value is -1.10. The van der Waals surface area contributed by atoms with Crippen molar-refractivity contribution in [2.24, 2.45) is 5.92 Å². The van der Waals surface area contributed by atoms with E-state index in [2.05, 4.69) is 23.7 Å². The number of nitrogens with zero attached hydrogens (tertiary/aromatic N) is 2. The Kier molecular flexibility index (Phi) is 3.66. The van der Waals surface area contributed by atoms with Gasteiger partial charge in [0.25, 0.3) is 0 Å². The van der Waals surface area contributed by atoms with Crippen LogP contribution in [-0.2, 0) is 4.74 Å². The van der Waals surface area contributed by atoms with Gasteiger partial charge in [-0.25, -0.2) is 9.78 Å². The molecule has 17 heavy (non-hydrogen) atoms. The first-order valence-corrected chi connectivity index (χ1v) is 6.76. The van der Waals surface area contributed by atoms with Gasteiger partial charge >= 0.3 is 5.97 Å². The number of carbonyl (C=O) groups is 1. The Morgan fingerprint density at radius 3 is 3.06 bits per heavy atom. The highest BCUT2D eigenvalue weighted by Crippen LogP contribution is 2.31. The van der Waals surface area contributed by atoms with Crippen LogP contribution in [0.1, 0.15) is 36.4 Å². The number of carbonyl (C=O) groups excluding carboxylic acids is 1. The van der Waals surface area contributed by atoms with Crippen LogP contribution in [0.2, 0.25) is 0 Å². The maximum atomic E-state index is 11.4. The SMILES string of the molecule is COC(=O)c1cnc(N2CCCC(C)C2C)s1. The molecule has 0 N–H and O–H groups in total. The molecule has 2 atom stereocenters. The highest BCUT2D eigenvalue weighted by Gasteiger charge is 2.27. The molecule has 2 unspecified atom stereocenters. The van der Waals surface area contributed by atoms with Gasteiger partial charge in [-0.3, -0.25) is 0 Å². The smallest absolute Gasteiger partial charge is 0.349 e. The summed E-state index contributed by atoms with van der Waals surface area (Å²) in [6, 6.07) is 0.486. The highest BCUT2D eigenvalue weighted by molar-refractivity contribution is 7.17. The number of esters is 1. The van der Waals surface area contributed by atoms with Crippen LogP contribution in [0.25, 0.3) is 0 Å². The molecule has 0 bridgehead atoms. The molecular weight excluding hydrogens is 236 g/mol. The van der Waals surface area contributed by atoms with Crippen molar-refractivity contribution in [2.45, 2.75) is 32.7 Å². The fraction of sp³-hybridized carbons (Fsp3) is 0.667. The molecule has 0 amide bonds. The van der Waals surface area contributed by atoms with Crippen molar-refractivity contribution in [3.63, 3.8) is 0 Å². The monoisotopic (exact) mass is 254 g/mol. The summed E-state index contributed by atoms with van der Waals surface area (Å²) < 4.78 is 4.70. The van der Waals surface area contributed by atoms with Crippen molar-refractivity contribution in [3.05, 3.63) is 11.1 Å². The summed E-state index contributed by atoms with van der Waals surface area (Å²) >= 11 is 1.42. The molecule has 1 fully saturated rings. The molecule has 5 heteroatoms. The Bertz CT molecular complexity index is 405. The molecule has 1 saturated heterocycles. The lowest BCUT2D eigenvalue weighted by Gasteiger charge is -2.37. The molecular formula is C12H18N2O2S. The second-order valence-corrected chi connectivity index (χ2v) is 5.56. The van der Waals surface area contributed by atoms with E-state index in [9.17, 15) is 4.79 Å². The van der Waals surface area contributed by atoms with Crippen LogP contribution < -0.4 is 4.90 Å². The van der Waals surface area contributed by atoms with Crippen LogP contribution in [0.5, 0.6) is 0 Å². The minimum absolute atomic E-state index is 0.300. The van der Waals surface area contributed by atoms with Gasteiger partial charge in [0.2, 0.25) is 0 Å². The Morgan fingerprint density at radius 1 is 1.59 bits per heavy atom. The van der Waals surface area contributed by atoms with E-state index in [1.165, 1.54) is 31.3 Å². The third kappa shape index (κ3) is 2.44. The molecule has 2 rings (SSSR count). The van der Waals surface area contributed by atoms with Gasteiger partial charge in [0, 0.05) is 12.6 Å². The average molecular weight is 254 g/mol. The van der Waals surface area contributed by atoms with Crippen LogP contribution in [0.4, 0.5) is 5.13 Å². The molecule has 94 valence electrons. The number of rotatable bonds is 2. The number of thiazole rings is 1. The predicted octanol–water partition coefficient (Wildman–Crippen LogP) is 2.55. The fourth-order valence-corrected chi connectivity index (χ4v) is 3.15. The minimum atomic E-state index is -0.300. The first-order chi connectivity index (χ1) is 8.13. The third-order valence-corrected chi connectivity index (χ3v) is 4.51. The molecule has 1 aliphatic heterocycles. The zero-order chi connectivity index (χ0) is 12.4. The molecule has 1 aromatic rings. The number of piperidine rings is 1. The standard InChI is InChI=1S/C12H18N2O2S/c1-8-5-4-6-14(9(8)2)12-13-7-10(17-12)11(15)16-3/h7-9H,4-6H2,1-3H3. The molecule has 1 aromatic heterocycles. The van der Waals surface area contributed by atoms with E-state index in [0.717, 1.165) is 11.7 Å². The first-order valence-electron chi connectivity index (χ1n) is 5.94. The van der Waals surface area contributed by atoms with Crippen molar-refractivity contribution >= 4 is 22.4 Å². The Balaban J connectivity index is 2.16. The fourth-order valence-electron chi connectivity index (χ4n) is 2.20. The summed E-state index contributed by atoms with van der Waals surface area (Å²) in [4.78, 5) is 18.6. The molecule has 2 heterocycles. The van der Waals surface area contributed by atoms with Gasteiger partial charge < -0.3 is 9.64 Å². The molecule has 4 nitrogen and oxygen atoms in total. The quantitative estimate of drug-likeness (QED) is 0.761. The topological polar surface area (TPSA) is 42.4 Å². The molecule has 0 radical (unpaired) electrons. The van der Waals surface area contributed by atoms with Gasteiger partial charge in [0.15, 0.2) is 5.13 Å². The Morgan fingerprint density at radius 2 is 2.35 bits per heavy atom. The van der Waals surface area contributed by atoms with E-state index in [4.69, 9.17) is 4.74 Å². The Labute approximate surface area is 106 Å². The number of ether oxygens (including phenoxy) is 1. The van der Waals surface area contributed by atoms with Gasteiger partial charge in [-0.1, -0.05) is 18.3 Å². The average Bonchev–Trinajstić information content (AvgIpc) is 2.81. The lowest BCUT2D eigenvalue weighted by Crippen LogP contribution is -2.42. The van der Waals surface area contributed by atoms with Gasteiger partial charge in [-0.15, -0.1) is 0 Å². The van der Waals surface area contributed by atoms with E-state index in [1.807, 2.05) is 0 Å². The van der Waals surface area contributed by atoms with E-state index >= 15 is 0 Å². The van der Waals surface area contributed by atoms with E-state index in [-0.39, 0.29) is 5.97 Å². The van der Waals surface area contributed by atoms with Crippen LogP contribution >= 0.6 is 11.3 Å². The highest BCUT2D eigenvalue weighted by atomic mass is 32.1. The summed E-state index contributed by atoms with van der Waals surface area (Å²) in [5, 5.41) is 0.935. The van der Waals surface area contributed by atoms with E-state index < -0.39 is 0 Å². The molecule has 0 aromatic carbocycles. The molecule has 0 aliphatic carbocycles. The second kappa shape index (κ2) is 5.04. The summed E-state index contributed by atoms with van der Waals surface area (Å²) in [5.74, 6) is 0.376. The van der Waals surface area contributed by atoms with Crippen molar-refractivity contribution in [2.75, 3.05) is 18.6 Å². The third-order valence-electron chi connectivity index (χ3n) is 3.50. The molecule has 0 saturated carbocycles. The second-order valence-electron chi connectivity index (χ2n) is 4.55. The van der Waals surface area contributed by atoms with Crippen LogP contribution in [-0.4, -0.2) is 30.6 Å². The number of methoxy groups -OCH3 is 1. The number of anilines is 1. The summed E-state index contributed by atoms with van der Waals surface area (Å²) in [5.41, 5.74) is 0. The van der Waals surface area contributed by atoms with Crippen molar-refractivity contribution < 1.29 is 9.53 Å². The lowest BCUT2D eigenvalue weighted by atomic mass is 9.93. The van der Waals surface area contributed by atoms with Crippen LogP contribution in [0.15, 0.2) is 6.20 Å². The van der Waals surface area contributed by atoms with Crippen molar-refractivity contribution in [1.29, 1.82) is 0 Å². The molecule has 1 aliphatic rings. The zero-order valence-electron chi connectivity index (χ0n) is 10.5. The van der Waals surface area contributed by atoms with Crippen molar-refractivity contribution in [1.82, 2.24) is 4.98 Å². The van der Waals surface area contributed by atoms with Crippen LogP contribution in [0, 0.1) is 5.92 Å². The zero-order valence-corrected chi connectivity index (χ0v) is 11.3. The summed E-state index contributed by atoms with van der Waals surface area (Å²) in [6.45, 7) is 5.52. The minimum Gasteiger partial charge on any atom is -0.465 e. The van der Waals surface area contributed by atoms with Crippen LogP contribution in [0.3, 0.4) is 0 Å². The van der Waals surface area contributed by atoms with E-state index in [0.29, 0.717) is 16.8 Å². The number of hydrogen-bond donors (Lipinski definition) is 0. The maximum Gasteiger partial charge on any atom is 0.349 e. The predicted molar refractivity (Wildman–Crippen MR) is 68.7 cm³/mol. The lowest BCUT2D eigenvalue weighted by molar-refractivity contribution is 0.0606. The first kappa shape index (κ1) is 12.4. The number of hydrogen-bond acceptors (Lipinski definition) is 5. The summed E-state index contributed by atoms with van der Waals surface area (Å²) in [6.07, 6.45) is 4.07. The summed E-state index contributed by atoms with van der Waals surface area (Å²) in [7, 11) is 1.40. The van der Waals surface area contributed by atoms with Crippen molar-refractivity contribution in [3.8, 4) is 0 Å². The van der Waals surface area contributed by atoms with Gasteiger partial charge in [0.1, 0.15) is 4.88 Å². The normalized spacial score (nSPS) is 24.8. The molecule has 0 spiro atoms. The maximum absolute atomic E-state index is 11.4. The largest absolute Gasteiger partial charge is 0.465 e. The van der Waals surface area contributed by atoms with Gasteiger partial charge in [0.05, 0.1) is 13.3 Å². The number of aromatic nitrogens is 1.